The van der Waals surface area contributed by atoms with Gasteiger partial charge in [-0.05, 0) is 49.4 Å². The largest absolute Gasteiger partial charge is 0.497 e. The van der Waals surface area contributed by atoms with Gasteiger partial charge in [0.15, 0.2) is 0 Å². The molecule has 0 unspecified atom stereocenters. The maximum Gasteiger partial charge on any atom is 0.238 e. The van der Waals surface area contributed by atoms with Crippen LogP contribution in [0.4, 0.5) is 10.1 Å². The molecule has 2 rings (SSSR count). The highest BCUT2D eigenvalue weighted by Crippen LogP contribution is 2.14. The summed E-state index contributed by atoms with van der Waals surface area (Å²) in [7, 11) is 3.49. The zero-order valence-electron chi connectivity index (χ0n) is 13.6. The van der Waals surface area contributed by atoms with Crippen molar-refractivity contribution in [3.05, 3.63) is 59.4 Å². The number of hydrogen-bond acceptors (Lipinski definition) is 3. The molecule has 0 aliphatic rings. The van der Waals surface area contributed by atoms with Crippen LogP contribution in [0, 0.1) is 12.7 Å². The Labute approximate surface area is 135 Å². The fraction of sp³-hybridized carbons (Fsp3) is 0.278. The highest BCUT2D eigenvalue weighted by Gasteiger charge is 2.09. The standard InChI is InChI=1S/C18H21FN2O2/c1-13-4-7-15(10-17(13)19)20-18(22)12-21(2)11-14-5-8-16(23-3)9-6-14/h4-10H,11-12H2,1-3H3,(H,20,22). The van der Waals surface area contributed by atoms with Crippen molar-refractivity contribution in [3.8, 4) is 5.75 Å². The molecular formula is C18H21FN2O2. The molecule has 0 aromatic heterocycles. The van der Waals surface area contributed by atoms with Crippen molar-refractivity contribution in [2.24, 2.45) is 0 Å². The fourth-order valence-corrected chi connectivity index (χ4v) is 2.21. The van der Waals surface area contributed by atoms with Crippen molar-refractivity contribution in [1.82, 2.24) is 4.90 Å². The molecule has 0 aliphatic carbocycles. The van der Waals surface area contributed by atoms with Crippen LogP contribution in [0.25, 0.3) is 0 Å². The highest BCUT2D eigenvalue weighted by molar-refractivity contribution is 5.92. The van der Waals surface area contributed by atoms with E-state index >= 15 is 0 Å². The number of amides is 1. The Morgan fingerprint density at radius 1 is 1.22 bits per heavy atom. The van der Waals surface area contributed by atoms with E-state index < -0.39 is 0 Å². The smallest absolute Gasteiger partial charge is 0.238 e. The number of benzene rings is 2. The molecule has 0 atom stereocenters. The zero-order chi connectivity index (χ0) is 16.8. The van der Waals surface area contributed by atoms with Gasteiger partial charge in [0.25, 0.3) is 0 Å². The van der Waals surface area contributed by atoms with Crippen LogP contribution in [0.3, 0.4) is 0 Å². The molecule has 122 valence electrons. The van der Waals surface area contributed by atoms with Crippen LogP contribution in [0.5, 0.6) is 5.75 Å². The SMILES string of the molecule is COc1ccc(CN(C)CC(=O)Nc2ccc(C)c(F)c2)cc1. The number of carbonyl (C=O) groups excluding carboxylic acids is 1. The lowest BCUT2D eigenvalue weighted by Crippen LogP contribution is -2.29. The summed E-state index contributed by atoms with van der Waals surface area (Å²) >= 11 is 0. The Bertz CT molecular complexity index is 671. The molecule has 5 heteroatoms. The van der Waals surface area contributed by atoms with Crippen molar-refractivity contribution in [2.75, 3.05) is 26.0 Å². The summed E-state index contributed by atoms with van der Waals surface area (Å²) in [6, 6.07) is 12.4. The minimum absolute atomic E-state index is 0.177. The molecule has 4 nitrogen and oxygen atoms in total. The Balaban J connectivity index is 1.87. The van der Waals surface area contributed by atoms with Crippen LogP contribution in [-0.4, -0.2) is 31.5 Å². The Morgan fingerprint density at radius 3 is 2.52 bits per heavy atom. The molecule has 0 radical (unpaired) electrons. The fourth-order valence-electron chi connectivity index (χ4n) is 2.21. The van der Waals surface area contributed by atoms with Crippen molar-refractivity contribution in [3.63, 3.8) is 0 Å². The van der Waals surface area contributed by atoms with E-state index in [1.807, 2.05) is 36.2 Å². The van der Waals surface area contributed by atoms with Gasteiger partial charge in [-0.25, -0.2) is 4.39 Å². The monoisotopic (exact) mass is 316 g/mol. The average Bonchev–Trinajstić information content (AvgIpc) is 2.51. The quantitative estimate of drug-likeness (QED) is 0.890. The van der Waals surface area contributed by atoms with Gasteiger partial charge in [0, 0.05) is 12.2 Å². The summed E-state index contributed by atoms with van der Waals surface area (Å²) in [6.07, 6.45) is 0. The van der Waals surface area contributed by atoms with E-state index in [0.717, 1.165) is 11.3 Å². The molecule has 0 aliphatic heterocycles. The van der Waals surface area contributed by atoms with E-state index in [2.05, 4.69) is 5.32 Å². The summed E-state index contributed by atoms with van der Waals surface area (Å²) in [6.45, 7) is 2.55. The van der Waals surface area contributed by atoms with Gasteiger partial charge in [-0.3, -0.25) is 9.69 Å². The normalized spacial score (nSPS) is 10.7. The predicted molar refractivity (Wildman–Crippen MR) is 89.1 cm³/mol. The summed E-state index contributed by atoms with van der Waals surface area (Å²) in [5.74, 6) is 0.300. The third kappa shape index (κ3) is 5.07. The molecule has 0 heterocycles. The average molecular weight is 316 g/mol. The van der Waals surface area contributed by atoms with Crippen LogP contribution >= 0.6 is 0 Å². The number of methoxy groups -OCH3 is 1. The lowest BCUT2D eigenvalue weighted by atomic mass is 10.2. The molecule has 1 amide bonds. The molecule has 0 saturated carbocycles. The van der Waals surface area contributed by atoms with E-state index in [-0.39, 0.29) is 18.3 Å². The van der Waals surface area contributed by atoms with Crippen LogP contribution in [0.1, 0.15) is 11.1 Å². The van der Waals surface area contributed by atoms with Gasteiger partial charge < -0.3 is 10.1 Å². The van der Waals surface area contributed by atoms with E-state index in [4.69, 9.17) is 4.74 Å². The van der Waals surface area contributed by atoms with Gasteiger partial charge in [-0.15, -0.1) is 0 Å². The molecule has 23 heavy (non-hydrogen) atoms. The van der Waals surface area contributed by atoms with Crippen LogP contribution < -0.4 is 10.1 Å². The van der Waals surface area contributed by atoms with E-state index in [0.29, 0.717) is 17.8 Å². The number of rotatable bonds is 6. The van der Waals surface area contributed by atoms with Crippen LogP contribution in [0.15, 0.2) is 42.5 Å². The lowest BCUT2D eigenvalue weighted by molar-refractivity contribution is -0.117. The Kier molecular flexibility index (Phi) is 5.71. The molecule has 0 bridgehead atoms. The van der Waals surface area contributed by atoms with Gasteiger partial charge in [-0.2, -0.15) is 0 Å². The predicted octanol–water partition coefficient (Wildman–Crippen LogP) is 3.21. The number of halogens is 1. The number of ether oxygens (including phenoxy) is 1. The highest BCUT2D eigenvalue weighted by atomic mass is 19.1. The van der Waals surface area contributed by atoms with Gasteiger partial charge in [0.2, 0.25) is 5.91 Å². The minimum atomic E-state index is -0.325. The number of nitrogens with zero attached hydrogens (tertiary/aromatic N) is 1. The first-order valence-corrected chi connectivity index (χ1v) is 7.35. The number of likely N-dealkylation sites (N-methyl/N-ethyl adjacent to an activating group) is 1. The molecular weight excluding hydrogens is 295 g/mol. The lowest BCUT2D eigenvalue weighted by Gasteiger charge is -2.16. The number of nitrogens with one attached hydrogen (secondary N) is 1. The number of hydrogen-bond donors (Lipinski definition) is 1. The molecule has 2 aromatic rings. The molecule has 0 fully saturated rings. The van der Waals surface area contributed by atoms with Gasteiger partial charge in [-0.1, -0.05) is 18.2 Å². The molecule has 2 aromatic carbocycles. The minimum Gasteiger partial charge on any atom is -0.497 e. The van der Waals surface area contributed by atoms with E-state index in [1.165, 1.54) is 6.07 Å². The number of carbonyl (C=O) groups is 1. The maximum absolute atomic E-state index is 13.5. The molecule has 0 saturated heterocycles. The third-order valence-corrected chi connectivity index (χ3v) is 3.48. The van der Waals surface area contributed by atoms with Crippen molar-refractivity contribution in [2.45, 2.75) is 13.5 Å². The van der Waals surface area contributed by atoms with Crippen molar-refractivity contribution >= 4 is 11.6 Å². The summed E-state index contributed by atoms with van der Waals surface area (Å²) in [4.78, 5) is 13.9. The maximum atomic E-state index is 13.5. The number of anilines is 1. The summed E-state index contributed by atoms with van der Waals surface area (Å²) in [5, 5.41) is 2.70. The molecule has 0 spiro atoms. The second kappa shape index (κ2) is 7.74. The third-order valence-electron chi connectivity index (χ3n) is 3.48. The van der Waals surface area contributed by atoms with Gasteiger partial charge in [0.05, 0.1) is 13.7 Å². The Morgan fingerprint density at radius 2 is 1.91 bits per heavy atom. The second-order valence-electron chi connectivity index (χ2n) is 5.53. The van der Waals surface area contributed by atoms with E-state index in [9.17, 15) is 9.18 Å². The van der Waals surface area contributed by atoms with Gasteiger partial charge in [0.1, 0.15) is 11.6 Å². The van der Waals surface area contributed by atoms with Crippen LogP contribution in [0.2, 0.25) is 0 Å². The first kappa shape index (κ1) is 17.0. The topological polar surface area (TPSA) is 41.6 Å². The first-order valence-electron chi connectivity index (χ1n) is 7.35. The number of aryl methyl sites for hydroxylation is 1. The second-order valence-corrected chi connectivity index (χ2v) is 5.53. The summed E-state index contributed by atoms with van der Waals surface area (Å²) < 4.78 is 18.6. The van der Waals surface area contributed by atoms with Crippen molar-refractivity contribution in [1.29, 1.82) is 0 Å². The zero-order valence-corrected chi connectivity index (χ0v) is 13.6. The van der Waals surface area contributed by atoms with Crippen molar-refractivity contribution < 1.29 is 13.9 Å². The summed E-state index contributed by atoms with van der Waals surface area (Å²) in [5.41, 5.74) is 2.11. The molecule has 1 N–H and O–H groups in total. The van der Waals surface area contributed by atoms with E-state index in [1.54, 1.807) is 26.2 Å². The van der Waals surface area contributed by atoms with Crippen LogP contribution in [-0.2, 0) is 11.3 Å². The Hall–Kier alpha value is -2.40. The van der Waals surface area contributed by atoms with Gasteiger partial charge >= 0.3 is 0 Å². The first-order chi connectivity index (χ1) is 11.0.